The van der Waals surface area contributed by atoms with Crippen LogP contribution in [0.3, 0.4) is 0 Å². The van der Waals surface area contributed by atoms with Gasteiger partial charge in [-0.05, 0) is 25.5 Å². The standard InChI is InChI=1S/C13H19N5O/c1-10(14)4-5-15-12-7-13(18-9-17-12)16-8-11-3-2-6-19-11/h2-3,6-7,9-10H,4-5,8,14H2,1H3,(H2,15,16,17,18). The van der Waals surface area contributed by atoms with E-state index in [1.165, 1.54) is 6.33 Å². The third-order valence-corrected chi connectivity index (χ3v) is 2.60. The van der Waals surface area contributed by atoms with Gasteiger partial charge in [0.05, 0.1) is 12.8 Å². The largest absolute Gasteiger partial charge is 0.467 e. The summed E-state index contributed by atoms with van der Waals surface area (Å²) in [4.78, 5) is 8.31. The number of anilines is 2. The minimum atomic E-state index is 0.186. The van der Waals surface area contributed by atoms with Gasteiger partial charge in [-0.25, -0.2) is 9.97 Å². The second kappa shape index (κ2) is 6.75. The number of hydrogen-bond donors (Lipinski definition) is 3. The highest BCUT2D eigenvalue weighted by Gasteiger charge is 2.00. The summed E-state index contributed by atoms with van der Waals surface area (Å²) in [5.74, 6) is 2.41. The van der Waals surface area contributed by atoms with Crippen LogP contribution in [0.1, 0.15) is 19.1 Å². The lowest BCUT2D eigenvalue weighted by molar-refractivity contribution is 0.518. The highest BCUT2D eigenvalue weighted by atomic mass is 16.3. The lowest BCUT2D eigenvalue weighted by Gasteiger charge is -2.09. The van der Waals surface area contributed by atoms with Gasteiger partial charge in [0.2, 0.25) is 0 Å². The smallest absolute Gasteiger partial charge is 0.131 e. The minimum Gasteiger partial charge on any atom is -0.467 e. The normalized spacial score (nSPS) is 12.1. The Hall–Kier alpha value is -2.08. The number of furan rings is 1. The topological polar surface area (TPSA) is 89.0 Å². The van der Waals surface area contributed by atoms with Gasteiger partial charge in [-0.1, -0.05) is 0 Å². The summed E-state index contributed by atoms with van der Waals surface area (Å²) in [6.45, 7) is 3.38. The first kappa shape index (κ1) is 13.4. The quantitative estimate of drug-likeness (QED) is 0.704. The van der Waals surface area contributed by atoms with Crippen molar-refractivity contribution in [1.29, 1.82) is 0 Å². The number of nitrogens with zero attached hydrogens (tertiary/aromatic N) is 2. The molecule has 102 valence electrons. The molecule has 2 aromatic rings. The minimum absolute atomic E-state index is 0.186. The first-order valence-electron chi connectivity index (χ1n) is 6.32. The van der Waals surface area contributed by atoms with Gasteiger partial charge in [0, 0.05) is 18.7 Å². The first-order chi connectivity index (χ1) is 9.24. The molecule has 0 aliphatic heterocycles. The summed E-state index contributed by atoms with van der Waals surface area (Å²) in [5.41, 5.74) is 5.69. The van der Waals surface area contributed by atoms with Crippen LogP contribution in [0, 0.1) is 0 Å². The number of nitrogens with one attached hydrogen (secondary N) is 2. The van der Waals surface area contributed by atoms with E-state index in [2.05, 4.69) is 20.6 Å². The van der Waals surface area contributed by atoms with Crippen molar-refractivity contribution in [2.75, 3.05) is 17.2 Å². The molecule has 0 saturated heterocycles. The van der Waals surface area contributed by atoms with Gasteiger partial charge in [0.25, 0.3) is 0 Å². The van der Waals surface area contributed by atoms with Gasteiger partial charge in [-0.15, -0.1) is 0 Å². The number of nitrogens with two attached hydrogens (primary N) is 1. The number of aromatic nitrogens is 2. The summed E-state index contributed by atoms with van der Waals surface area (Å²) in [7, 11) is 0. The van der Waals surface area contributed by atoms with Crippen molar-refractivity contribution in [1.82, 2.24) is 9.97 Å². The molecule has 6 nitrogen and oxygen atoms in total. The second-order valence-corrected chi connectivity index (χ2v) is 4.41. The van der Waals surface area contributed by atoms with Crippen LogP contribution in [-0.4, -0.2) is 22.6 Å². The summed E-state index contributed by atoms with van der Waals surface area (Å²) in [5, 5.41) is 6.39. The van der Waals surface area contributed by atoms with E-state index in [9.17, 15) is 0 Å². The Morgan fingerprint density at radius 1 is 1.32 bits per heavy atom. The van der Waals surface area contributed by atoms with E-state index in [0.29, 0.717) is 6.54 Å². The molecular weight excluding hydrogens is 242 g/mol. The van der Waals surface area contributed by atoms with Gasteiger partial charge in [-0.2, -0.15) is 0 Å². The molecule has 2 heterocycles. The highest BCUT2D eigenvalue weighted by molar-refractivity contribution is 5.46. The van der Waals surface area contributed by atoms with Crippen molar-refractivity contribution >= 4 is 11.6 Å². The van der Waals surface area contributed by atoms with Crippen LogP contribution >= 0.6 is 0 Å². The maximum absolute atomic E-state index is 5.69. The Balaban J connectivity index is 1.84. The maximum atomic E-state index is 5.69. The molecule has 19 heavy (non-hydrogen) atoms. The molecule has 0 aromatic carbocycles. The van der Waals surface area contributed by atoms with E-state index in [4.69, 9.17) is 10.2 Å². The molecular formula is C13H19N5O. The molecule has 0 saturated carbocycles. The summed E-state index contributed by atoms with van der Waals surface area (Å²) < 4.78 is 5.24. The van der Waals surface area contributed by atoms with Crippen LogP contribution in [0.4, 0.5) is 11.6 Å². The Bertz CT molecular complexity index is 484. The molecule has 2 aromatic heterocycles. The molecule has 6 heteroatoms. The first-order valence-corrected chi connectivity index (χ1v) is 6.32. The van der Waals surface area contributed by atoms with Crippen LogP contribution < -0.4 is 16.4 Å². The van der Waals surface area contributed by atoms with Gasteiger partial charge in [0.1, 0.15) is 23.7 Å². The van der Waals surface area contributed by atoms with E-state index < -0.39 is 0 Å². The zero-order valence-electron chi connectivity index (χ0n) is 11.0. The molecule has 0 aliphatic carbocycles. The Labute approximate surface area is 112 Å². The van der Waals surface area contributed by atoms with Crippen LogP contribution in [0.2, 0.25) is 0 Å². The molecule has 2 rings (SSSR count). The van der Waals surface area contributed by atoms with E-state index >= 15 is 0 Å². The number of hydrogen-bond acceptors (Lipinski definition) is 6. The molecule has 0 spiro atoms. The van der Waals surface area contributed by atoms with E-state index in [0.717, 1.165) is 30.4 Å². The lowest BCUT2D eigenvalue weighted by Crippen LogP contribution is -2.19. The molecule has 4 N–H and O–H groups in total. The summed E-state index contributed by atoms with van der Waals surface area (Å²) in [6.07, 6.45) is 4.08. The molecule has 0 aliphatic rings. The van der Waals surface area contributed by atoms with Crippen LogP contribution in [-0.2, 0) is 6.54 Å². The zero-order chi connectivity index (χ0) is 13.5. The fourth-order valence-corrected chi connectivity index (χ4v) is 1.57. The molecule has 1 atom stereocenters. The third-order valence-electron chi connectivity index (χ3n) is 2.60. The fourth-order valence-electron chi connectivity index (χ4n) is 1.57. The van der Waals surface area contributed by atoms with Crippen molar-refractivity contribution in [2.24, 2.45) is 5.73 Å². The van der Waals surface area contributed by atoms with Crippen molar-refractivity contribution in [3.8, 4) is 0 Å². The zero-order valence-corrected chi connectivity index (χ0v) is 11.0. The average molecular weight is 261 g/mol. The van der Waals surface area contributed by atoms with Crippen LogP contribution in [0.15, 0.2) is 35.2 Å². The molecule has 0 fully saturated rings. The molecule has 0 bridgehead atoms. The van der Waals surface area contributed by atoms with E-state index in [1.54, 1.807) is 6.26 Å². The van der Waals surface area contributed by atoms with Crippen molar-refractivity contribution < 1.29 is 4.42 Å². The average Bonchev–Trinajstić information content (AvgIpc) is 2.89. The fraction of sp³-hybridized carbons (Fsp3) is 0.385. The monoisotopic (exact) mass is 261 g/mol. The van der Waals surface area contributed by atoms with Gasteiger partial charge >= 0.3 is 0 Å². The predicted octanol–water partition coefficient (Wildman–Crippen LogP) is 1.83. The van der Waals surface area contributed by atoms with Crippen molar-refractivity contribution in [3.63, 3.8) is 0 Å². The maximum Gasteiger partial charge on any atom is 0.131 e. The number of rotatable bonds is 7. The summed E-state index contributed by atoms with van der Waals surface area (Å²) >= 11 is 0. The van der Waals surface area contributed by atoms with Crippen molar-refractivity contribution in [3.05, 3.63) is 36.5 Å². The Morgan fingerprint density at radius 3 is 2.79 bits per heavy atom. The third kappa shape index (κ3) is 4.59. The predicted molar refractivity (Wildman–Crippen MR) is 74.8 cm³/mol. The summed E-state index contributed by atoms with van der Waals surface area (Å²) in [6, 6.07) is 5.82. The molecule has 0 amide bonds. The Morgan fingerprint density at radius 2 is 2.11 bits per heavy atom. The SMILES string of the molecule is CC(N)CCNc1cc(NCc2ccco2)ncn1. The molecule has 1 unspecified atom stereocenters. The van der Waals surface area contributed by atoms with E-state index in [-0.39, 0.29) is 6.04 Å². The van der Waals surface area contributed by atoms with Crippen LogP contribution in [0.5, 0.6) is 0 Å². The van der Waals surface area contributed by atoms with Crippen LogP contribution in [0.25, 0.3) is 0 Å². The lowest BCUT2D eigenvalue weighted by atomic mass is 10.2. The van der Waals surface area contributed by atoms with Crippen molar-refractivity contribution in [2.45, 2.75) is 25.9 Å². The van der Waals surface area contributed by atoms with Gasteiger partial charge in [0.15, 0.2) is 0 Å². The Kier molecular flexibility index (Phi) is 4.74. The van der Waals surface area contributed by atoms with E-state index in [1.807, 2.05) is 25.1 Å². The van der Waals surface area contributed by atoms with Gasteiger partial charge < -0.3 is 20.8 Å². The highest BCUT2D eigenvalue weighted by Crippen LogP contribution is 2.10. The molecule has 0 radical (unpaired) electrons. The van der Waals surface area contributed by atoms with Gasteiger partial charge in [-0.3, -0.25) is 0 Å². The second-order valence-electron chi connectivity index (χ2n) is 4.41.